The van der Waals surface area contributed by atoms with Crippen molar-refractivity contribution in [2.24, 2.45) is 0 Å². The van der Waals surface area contributed by atoms with Crippen molar-refractivity contribution in [3.05, 3.63) is 0 Å². The van der Waals surface area contributed by atoms with Gasteiger partial charge in [0, 0.05) is 19.3 Å². The number of esters is 3. The Kier molecular flexibility index (Phi) is 67.5. The molecule has 0 spiro atoms. The molecule has 0 radical (unpaired) electrons. The van der Waals surface area contributed by atoms with Crippen molar-refractivity contribution in [1.29, 1.82) is 0 Å². The van der Waals surface area contributed by atoms with Crippen LogP contribution in [0.3, 0.4) is 0 Å². The van der Waals surface area contributed by atoms with Crippen molar-refractivity contribution >= 4 is 17.9 Å². The van der Waals surface area contributed by atoms with E-state index in [1.54, 1.807) is 0 Å². The normalized spacial score (nSPS) is 11.9. The number of hydrogen-bond donors (Lipinski definition) is 0. The first-order valence-electron chi connectivity index (χ1n) is 36.5. The first kappa shape index (κ1) is 77.4. The van der Waals surface area contributed by atoms with E-state index >= 15 is 0 Å². The summed E-state index contributed by atoms with van der Waals surface area (Å²) >= 11 is 0. The summed E-state index contributed by atoms with van der Waals surface area (Å²) in [6, 6.07) is 0. The average molecular weight is 1120 g/mol. The number of carbonyl (C=O) groups excluding carboxylic acids is 3. The number of unbranched alkanes of at least 4 members (excludes halogenated alkanes) is 58. The molecule has 0 aromatic rings. The van der Waals surface area contributed by atoms with Gasteiger partial charge in [-0.3, -0.25) is 14.4 Å². The van der Waals surface area contributed by atoms with Gasteiger partial charge in [0.15, 0.2) is 6.10 Å². The van der Waals surface area contributed by atoms with E-state index < -0.39 is 6.10 Å². The van der Waals surface area contributed by atoms with Gasteiger partial charge in [-0.15, -0.1) is 0 Å². The predicted molar refractivity (Wildman–Crippen MR) is 344 cm³/mol. The summed E-state index contributed by atoms with van der Waals surface area (Å²) < 4.78 is 16.9. The molecule has 0 aliphatic rings. The highest BCUT2D eigenvalue weighted by atomic mass is 16.6. The van der Waals surface area contributed by atoms with Crippen LogP contribution >= 0.6 is 0 Å². The minimum Gasteiger partial charge on any atom is -0.462 e. The molecule has 0 amide bonds. The Morgan fingerprint density at radius 2 is 0.342 bits per heavy atom. The van der Waals surface area contributed by atoms with Gasteiger partial charge in [-0.05, 0) is 19.3 Å². The zero-order valence-corrected chi connectivity index (χ0v) is 54.2. The summed E-state index contributed by atoms with van der Waals surface area (Å²) in [5.74, 6) is -0.830. The molecule has 0 saturated carbocycles. The second kappa shape index (κ2) is 68.9. The number of ether oxygens (including phenoxy) is 3. The van der Waals surface area contributed by atoms with Crippen LogP contribution in [0.4, 0.5) is 0 Å². The lowest BCUT2D eigenvalue weighted by atomic mass is 10.0. The summed E-state index contributed by atoms with van der Waals surface area (Å²) in [5.41, 5.74) is 0. The van der Waals surface area contributed by atoms with E-state index in [0.29, 0.717) is 19.3 Å². The minimum atomic E-state index is -0.762. The van der Waals surface area contributed by atoms with Gasteiger partial charge in [0.2, 0.25) is 0 Å². The fraction of sp³-hybridized carbons (Fsp3) is 0.959. The smallest absolute Gasteiger partial charge is 0.306 e. The Bertz CT molecular complexity index is 1190. The molecule has 0 fully saturated rings. The van der Waals surface area contributed by atoms with Crippen LogP contribution in [0, 0.1) is 0 Å². The SMILES string of the molecule is CCCCCCCCCCCCCCCCCCCCCCCCCCCCCCCCCCCCC(=O)OCC(COC(=O)CCCCCCCCCC)OC(=O)CCCCCCCCCCCCCCCCCCCCC. The first-order valence-corrected chi connectivity index (χ1v) is 36.5. The van der Waals surface area contributed by atoms with E-state index in [1.165, 1.54) is 334 Å². The maximum atomic E-state index is 12.9. The van der Waals surface area contributed by atoms with Crippen molar-refractivity contribution in [3.63, 3.8) is 0 Å². The summed E-state index contributed by atoms with van der Waals surface area (Å²) in [5, 5.41) is 0. The van der Waals surface area contributed by atoms with Crippen LogP contribution in [0.5, 0.6) is 0 Å². The van der Waals surface area contributed by atoms with Gasteiger partial charge in [-0.1, -0.05) is 393 Å². The number of rotatable bonds is 69. The summed E-state index contributed by atoms with van der Waals surface area (Å²) in [6.07, 6.45) is 81.8. The van der Waals surface area contributed by atoms with Crippen LogP contribution in [-0.4, -0.2) is 37.2 Å². The highest BCUT2D eigenvalue weighted by molar-refractivity contribution is 5.71. The molecular formula is C73H142O6. The molecule has 0 saturated heterocycles. The van der Waals surface area contributed by atoms with E-state index in [2.05, 4.69) is 20.8 Å². The Morgan fingerprint density at radius 1 is 0.203 bits per heavy atom. The fourth-order valence-electron chi connectivity index (χ4n) is 11.6. The second-order valence-corrected chi connectivity index (χ2v) is 25.2. The third-order valence-corrected chi connectivity index (χ3v) is 17.1. The third kappa shape index (κ3) is 67.1. The molecule has 1 unspecified atom stereocenters. The van der Waals surface area contributed by atoms with Crippen LogP contribution in [0.15, 0.2) is 0 Å². The lowest BCUT2D eigenvalue weighted by Crippen LogP contribution is -2.30. The van der Waals surface area contributed by atoms with E-state index in [4.69, 9.17) is 14.2 Å². The Morgan fingerprint density at radius 3 is 0.506 bits per heavy atom. The lowest BCUT2D eigenvalue weighted by molar-refractivity contribution is -0.167. The van der Waals surface area contributed by atoms with E-state index in [1.807, 2.05) is 0 Å². The molecule has 0 aliphatic carbocycles. The molecule has 470 valence electrons. The second-order valence-electron chi connectivity index (χ2n) is 25.2. The van der Waals surface area contributed by atoms with Crippen LogP contribution in [0.2, 0.25) is 0 Å². The molecule has 6 heteroatoms. The Labute approximate surface area is 495 Å². The molecule has 1 atom stereocenters. The highest BCUT2D eigenvalue weighted by Gasteiger charge is 2.20. The zero-order valence-electron chi connectivity index (χ0n) is 54.2. The Hall–Kier alpha value is -1.59. The quantitative estimate of drug-likeness (QED) is 0.0343. The monoisotopic (exact) mass is 1120 g/mol. The molecule has 0 N–H and O–H groups in total. The van der Waals surface area contributed by atoms with Crippen LogP contribution in [0.1, 0.15) is 432 Å². The zero-order chi connectivity index (χ0) is 57.1. The predicted octanol–water partition coefficient (Wildman–Crippen LogP) is 25.0. The molecule has 6 nitrogen and oxygen atoms in total. The van der Waals surface area contributed by atoms with Crippen molar-refractivity contribution < 1.29 is 28.6 Å². The Balaban J connectivity index is 3.93. The van der Waals surface area contributed by atoms with Gasteiger partial charge in [0.05, 0.1) is 0 Å². The standard InChI is InChI=1S/C73H142O6/c1-4-7-10-13-16-19-21-23-25-27-29-30-31-32-33-34-35-36-37-38-39-40-41-42-43-45-46-48-50-52-54-57-60-63-66-72(75)78-69-70(68-77-71(74)65-62-59-56-18-15-12-9-6-3)79-73(76)67-64-61-58-55-53-51-49-47-44-28-26-24-22-20-17-14-11-8-5-2/h70H,4-69H2,1-3H3. The number of hydrogen-bond acceptors (Lipinski definition) is 6. The fourth-order valence-corrected chi connectivity index (χ4v) is 11.6. The largest absolute Gasteiger partial charge is 0.462 e. The van der Waals surface area contributed by atoms with Crippen molar-refractivity contribution in [3.8, 4) is 0 Å². The highest BCUT2D eigenvalue weighted by Crippen LogP contribution is 2.20. The molecule has 0 heterocycles. The maximum absolute atomic E-state index is 12.9. The van der Waals surface area contributed by atoms with Gasteiger partial charge in [-0.2, -0.15) is 0 Å². The van der Waals surface area contributed by atoms with Gasteiger partial charge in [-0.25, -0.2) is 0 Å². The molecule has 0 aliphatic heterocycles. The molecular weight excluding hydrogens is 973 g/mol. The summed E-state index contributed by atoms with van der Waals surface area (Å²) in [4.78, 5) is 38.2. The van der Waals surface area contributed by atoms with Crippen LogP contribution in [-0.2, 0) is 28.6 Å². The molecule has 0 aromatic heterocycles. The summed E-state index contributed by atoms with van der Waals surface area (Å²) in [7, 11) is 0. The van der Waals surface area contributed by atoms with E-state index in [-0.39, 0.29) is 31.1 Å². The molecule has 0 rings (SSSR count). The first-order chi connectivity index (χ1) is 39.0. The molecule has 79 heavy (non-hydrogen) atoms. The van der Waals surface area contributed by atoms with E-state index in [9.17, 15) is 14.4 Å². The summed E-state index contributed by atoms with van der Waals surface area (Å²) in [6.45, 7) is 6.70. The molecule has 0 bridgehead atoms. The van der Waals surface area contributed by atoms with Crippen LogP contribution < -0.4 is 0 Å². The van der Waals surface area contributed by atoms with Crippen molar-refractivity contribution in [1.82, 2.24) is 0 Å². The van der Waals surface area contributed by atoms with Gasteiger partial charge in [0.1, 0.15) is 13.2 Å². The average Bonchev–Trinajstić information content (AvgIpc) is 3.45. The van der Waals surface area contributed by atoms with Gasteiger partial charge >= 0.3 is 17.9 Å². The molecule has 0 aromatic carbocycles. The van der Waals surface area contributed by atoms with Gasteiger partial charge < -0.3 is 14.2 Å². The van der Waals surface area contributed by atoms with Gasteiger partial charge in [0.25, 0.3) is 0 Å². The van der Waals surface area contributed by atoms with E-state index in [0.717, 1.165) is 57.8 Å². The maximum Gasteiger partial charge on any atom is 0.306 e. The van der Waals surface area contributed by atoms with Crippen molar-refractivity contribution in [2.45, 2.75) is 438 Å². The number of carbonyl (C=O) groups is 3. The topological polar surface area (TPSA) is 78.9 Å². The van der Waals surface area contributed by atoms with Crippen LogP contribution in [0.25, 0.3) is 0 Å². The third-order valence-electron chi connectivity index (χ3n) is 17.1. The van der Waals surface area contributed by atoms with Crippen molar-refractivity contribution in [2.75, 3.05) is 13.2 Å². The lowest BCUT2D eigenvalue weighted by Gasteiger charge is -2.18. The minimum absolute atomic E-state index is 0.0610.